The van der Waals surface area contributed by atoms with Crippen LogP contribution >= 0.6 is 0 Å². The van der Waals surface area contributed by atoms with Crippen molar-refractivity contribution in [2.45, 2.75) is 264 Å². The number of esters is 3. The predicted molar refractivity (Wildman–Crippen MR) is 256 cm³/mol. The van der Waals surface area contributed by atoms with Crippen LogP contribution in [0.25, 0.3) is 0 Å². The SMILES string of the molecule is CCCCC/C=C\C/C=C\C/C=C\C/C=C\CCCCCC(=O)OC[C@H](COC(=O)CCCCCCCCCCCCCC)OC(=O)CCCCCCCCCCCCC. The fourth-order valence-corrected chi connectivity index (χ4v) is 7.19. The van der Waals surface area contributed by atoms with Gasteiger partial charge in [-0.3, -0.25) is 14.4 Å². The van der Waals surface area contributed by atoms with Gasteiger partial charge in [-0.2, -0.15) is 0 Å². The second-order valence-electron chi connectivity index (χ2n) is 17.1. The first-order valence-corrected chi connectivity index (χ1v) is 25.6. The van der Waals surface area contributed by atoms with E-state index in [-0.39, 0.29) is 31.1 Å². The van der Waals surface area contributed by atoms with Crippen LogP contribution in [0.3, 0.4) is 0 Å². The molecule has 6 nitrogen and oxygen atoms in total. The first kappa shape index (κ1) is 57.4. The summed E-state index contributed by atoms with van der Waals surface area (Å²) in [7, 11) is 0. The molecular weight excluding hydrogens is 745 g/mol. The molecule has 1 atom stereocenters. The van der Waals surface area contributed by atoms with E-state index in [1.54, 1.807) is 0 Å². The standard InChI is InChI=1S/C54H96O6/c1-4-7-10-13-16-19-22-24-25-26-27-28-29-30-33-35-38-41-44-47-53(56)59-50-51(60-54(57)48-45-42-39-36-31-21-18-15-12-9-6-3)49-58-52(55)46-43-40-37-34-32-23-20-17-14-11-8-5-2/h16,19,24-25,27-28,30,33,51H,4-15,17-18,20-23,26,29,31-32,34-50H2,1-3H3/b19-16-,25-24-,28-27-,33-30-/t51-/m0/s1. The lowest BCUT2D eigenvalue weighted by molar-refractivity contribution is -0.167. The topological polar surface area (TPSA) is 78.9 Å². The van der Waals surface area contributed by atoms with E-state index in [9.17, 15) is 14.4 Å². The van der Waals surface area contributed by atoms with E-state index in [1.165, 1.54) is 135 Å². The Kier molecular flexibility index (Phi) is 46.9. The summed E-state index contributed by atoms with van der Waals surface area (Å²) in [5, 5.41) is 0. The second-order valence-corrected chi connectivity index (χ2v) is 17.1. The fraction of sp³-hybridized carbons (Fsp3) is 0.796. The molecule has 0 saturated carbocycles. The number of allylic oxidation sites excluding steroid dienone is 8. The van der Waals surface area contributed by atoms with Crippen LogP contribution in [0.1, 0.15) is 258 Å². The summed E-state index contributed by atoms with van der Waals surface area (Å²) in [6, 6.07) is 0. The molecule has 0 radical (unpaired) electrons. The summed E-state index contributed by atoms with van der Waals surface area (Å²) in [5.74, 6) is -0.906. The average Bonchev–Trinajstić information content (AvgIpc) is 3.24. The minimum absolute atomic E-state index is 0.0799. The normalized spacial score (nSPS) is 12.4. The Bertz CT molecular complexity index is 1060. The van der Waals surface area contributed by atoms with Crippen LogP contribution < -0.4 is 0 Å². The lowest BCUT2D eigenvalue weighted by atomic mass is 10.0. The third kappa shape index (κ3) is 46.4. The maximum atomic E-state index is 12.7. The Morgan fingerprint density at radius 3 is 0.967 bits per heavy atom. The van der Waals surface area contributed by atoms with Crippen molar-refractivity contribution >= 4 is 17.9 Å². The molecule has 0 aromatic carbocycles. The van der Waals surface area contributed by atoms with Gasteiger partial charge in [0, 0.05) is 19.3 Å². The molecule has 0 unspecified atom stereocenters. The summed E-state index contributed by atoms with van der Waals surface area (Å²) in [6.45, 7) is 6.58. The number of hydrogen-bond donors (Lipinski definition) is 0. The van der Waals surface area contributed by atoms with Gasteiger partial charge < -0.3 is 14.2 Å². The predicted octanol–water partition coefficient (Wildman–Crippen LogP) is 16.7. The van der Waals surface area contributed by atoms with E-state index in [4.69, 9.17) is 14.2 Å². The van der Waals surface area contributed by atoms with Gasteiger partial charge in [-0.15, -0.1) is 0 Å². The number of hydrogen-bond acceptors (Lipinski definition) is 6. The highest BCUT2D eigenvalue weighted by molar-refractivity contribution is 5.71. The van der Waals surface area contributed by atoms with Crippen molar-refractivity contribution in [1.82, 2.24) is 0 Å². The number of carbonyl (C=O) groups excluding carboxylic acids is 3. The molecule has 0 amide bonds. The summed E-state index contributed by atoms with van der Waals surface area (Å²) >= 11 is 0. The van der Waals surface area contributed by atoms with E-state index in [0.717, 1.165) is 83.5 Å². The maximum absolute atomic E-state index is 12.7. The van der Waals surface area contributed by atoms with Gasteiger partial charge in [-0.25, -0.2) is 0 Å². The zero-order valence-corrected chi connectivity index (χ0v) is 39.7. The van der Waals surface area contributed by atoms with Gasteiger partial charge in [0.05, 0.1) is 0 Å². The average molecular weight is 841 g/mol. The van der Waals surface area contributed by atoms with Crippen molar-refractivity contribution in [1.29, 1.82) is 0 Å². The smallest absolute Gasteiger partial charge is 0.306 e. The van der Waals surface area contributed by atoms with E-state index in [2.05, 4.69) is 69.4 Å². The third-order valence-electron chi connectivity index (χ3n) is 11.1. The minimum Gasteiger partial charge on any atom is -0.462 e. The van der Waals surface area contributed by atoms with Gasteiger partial charge in [0.1, 0.15) is 13.2 Å². The zero-order valence-electron chi connectivity index (χ0n) is 39.7. The van der Waals surface area contributed by atoms with Crippen molar-refractivity contribution in [2.24, 2.45) is 0 Å². The van der Waals surface area contributed by atoms with Gasteiger partial charge in [0.15, 0.2) is 6.10 Å². The minimum atomic E-state index is -0.780. The first-order chi connectivity index (χ1) is 29.5. The van der Waals surface area contributed by atoms with Crippen LogP contribution in [-0.4, -0.2) is 37.2 Å². The van der Waals surface area contributed by atoms with E-state index in [0.29, 0.717) is 19.3 Å². The zero-order chi connectivity index (χ0) is 43.7. The molecule has 0 saturated heterocycles. The third-order valence-corrected chi connectivity index (χ3v) is 11.1. The second kappa shape index (κ2) is 49.0. The highest BCUT2D eigenvalue weighted by atomic mass is 16.6. The van der Waals surface area contributed by atoms with Gasteiger partial charge >= 0.3 is 17.9 Å². The molecule has 0 heterocycles. The van der Waals surface area contributed by atoms with Crippen LogP contribution in [-0.2, 0) is 28.6 Å². The molecule has 0 bridgehead atoms. The van der Waals surface area contributed by atoms with E-state index in [1.807, 2.05) is 0 Å². The monoisotopic (exact) mass is 841 g/mol. The molecule has 0 aromatic heterocycles. The summed E-state index contributed by atoms with van der Waals surface area (Å²) in [5.41, 5.74) is 0. The lowest BCUT2D eigenvalue weighted by Gasteiger charge is -2.18. The summed E-state index contributed by atoms with van der Waals surface area (Å²) in [6.07, 6.45) is 58.0. The number of unbranched alkanes of at least 4 members (excludes halogenated alkanes) is 27. The van der Waals surface area contributed by atoms with E-state index >= 15 is 0 Å². The Labute approximate surface area is 371 Å². The van der Waals surface area contributed by atoms with Crippen molar-refractivity contribution in [3.8, 4) is 0 Å². The molecule has 0 N–H and O–H groups in total. The molecule has 0 aliphatic rings. The number of ether oxygens (including phenoxy) is 3. The van der Waals surface area contributed by atoms with Crippen molar-refractivity contribution in [3.05, 3.63) is 48.6 Å². The first-order valence-electron chi connectivity index (χ1n) is 25.6. The van der Waals surface area contributed by atoms with Crippen molar-refractivity contribution < 1.29 is 28.6 Å². The maximum Gasteiger partial charge on any atom is 0.306 e. The van der Waals surface area contributed by atoms with Gasteiger partial charge in [0.25, 0.3) is 0 Å². The molecule has 0 aliphatic heterocycles. The highest BCUT2D eigenvalue weighted by Crippen LogP contribution is 2.15. The van der Waals surface area contributed by atoms with Crippen molar-refractivity contribution in [2.75, 3.05) is 13.2 Å². The van der Waals surface area contributed by atoms with Crippen LogP contribution in [0.15, 0.2) is 48.6 Å². The quantitative estimate of drug-likeness (QED) is 0.0263. The van der Waals surface area contributed by atoms with Crippen LogP contribution in [0.5, 0.6) is 0 Å². The molecule has 348 valence electrons. The molecule has 0 aromatic rings. The molecule has 0 fully saturated rings. The Morgan fingerprint density at radius 1 is 0.333 bits per heavy atom. The molecule has 0 aliphatic carbocycles. The molecule has 6 heteroatoms. The number of rotatable bonds is 46. The van der Waals surface area contributed by atoms with Crippen LogP contribution in [0, 0.1) is 0 Å². The van der Waals surface area contributed by atoms with Crippen molar-refractivity contribution in [3.63, 3.8) is 0 Å². The Morgan fingerprint density at radius 2 is 0.600 bits per heavy atom. The van der Waals surface area contributed by atoms with Gasteiger partial charge in [-0.05, 0) is 64.2 Å². The van der Waals surface area contributed by atoms with Gasteiger partial charge in [0.2, 0.25) is 0 Å². The molecule has 60 heavy (non-hydrogen) atoms. The Hall–Kier alpha value is -2.63. The lowest BCUT2D eigenvalue weighted by Crippen LogP contribution is -2.30. The fourth-order valence-electron chi connectivity index (χ4n) is 7.19. The highest BCUT2D eigenvalue weighted by Gasteiger charge is 2.19. The summed E-state index contributed by atoms with van der Waals surface area (Å²) in [4.78, 5) is 37.9. The molecule has 0 rings (SSSR count). The van der Waals surface area contributed by atoms with Gasteiger partial charge in [-0.1, -0.05) is 223 Å². The van der Waals surface area contributed by atoms with Crippen LogP contribution in [0.2, 0.25) is 0 Å². The van der Waals surface area contributed by atoms with Crippen LogP contribution in [0.4, 0.5) is 0 Å². The number of carbonyl (C=O) groups is 3. The Balaban J connectivity index is 4.38. The molecular formula is C54H96O6. The molecule has 0 spiro atoms. The summed E-state index contributed by atoms with van der Waals surface area (Å²) < 4.78 is 16.7. The largest absolute Gasteiger partial charge is 0.462 e. The van der Waals surface area contributed by atoms with E-state index < -0.39 is 6.10 Å².